The number of nitrogens with one attached hydrogen (secondary N) is 1. The van der Waals surface area contributed by atoms with E-state index in [0.717, 1.165) is 37.3 Å². The number of carbonyl (C=O) groups is 2. The maximum atomic E-state index is 12.8. The standard InChI is InChI=1S/C28H31N3O3/c1-28(2)16-18-31(19-17-28)24-14-12-21(13-15-24)26(32)29-22-8-7-11-25(20-22)34-27(33)30(3)23-9-5-4-6-10-23/h4-15,20H,16-19H2,1-3H3,(H,29,32). The molecule has 1 aliphatic heterocycles. The first kappa shape index (κ1) is 23.4. The number of para-hydroxylation sites is 1. The van der Waals surface area contributed by atoms with Gasteiger partial charge in [0.1, 0.15) is 5.75 Å². The highest BCUT2D eigenvalue weighted by Crippen LogP contribution is 2.32. The van der Waals surface area contributed by atoms with E-state index in [0.29, 0.717) is 22.4 Å². The molecule has 0 spiro atoms. The van der Waals surface area contributed by atoms with Gasteiger partial charge in [0.25, 0.3) is 5.91 Å². The van der Waals surface area contributed by atoms with Crippen LogP contribution in [0.3, 0.4) is 0 Å². The van der Waals surface area contributed by atoms with Crippen LogP contribution in [0, 0.1) is 5.41 Å². The number of ether oxygens (including phenoxy) is 1. The Hall–Kier alpha value is -3.80. The van der Waals surface area contributed by atoms with E-state index in [2.05, 4.69) is 24.1 Å². The van der Waals surface area contributed by atoms with Crippen molar-refractivity contribution in [2.24, 2.45) is 5.41 Å². The number of carbonyl (C=O) groups excluding carboxylic acids is 2. The minimum Gasteiger partial charge on any atom is -0.410 e. The minimum atomic E-state index is -0.508. The fourth-order valence-electron chi connectivity index (χ4n) is 3.96. The highest BCUT2D eigenvalue weighted by Gasteiger charge is 2.25. The molecule has 0 saturated carbocycles. The van der Waals surface area contributed by atoms with Crippen molar-refractivity contribution < 1.29 is 14.3 Å². The summed E-state index contributed by atoms with van der Waals surface area (Å²) in [4.78, 5) is 29.1. The predicted octanol–water partition coefficient (Wildman–Crippen LogP) is 6.20. The van der Waals surface area contributed by atoms with Gasteiger partial charge in [-0.3, -0.25) is 9.69 Å². The van der Waals surface area contributed by atoms with Crippen molar-refractivity contribution in [1.29, 1.82) is 0 Å². The smallest absolute Gasteiger partial charge is 0.410 e. The average Bonchev–Trinajstić information content (AvgIpc) is 2.84. The number of hydrogen-bond donors (Lipinski definition) is 1. The largest absolute Gasteiger partial charge is 0.419 e. The molecule has 34 heavy (non-hydrogen) atoms. The number of nitrogens with zero attached hydrogens (tertiary/aromatic N) is 2. The van der Waals surface area contributed by atoms with E-state index in [1.54, 1.807) is 31.3 Å². The van der Waals surface area contributed by atoms with Crippen LogP contribution in [0.1, 0.15) is 37.0 Å². The Labute approximate surface area is 201 Å². The molecule has 1 heterocycles. The first-order valence-electron chi connectivity index (χ1n) is 11.6. The van der Waals surface area contributed by atoms with Crippen molar-refractivity contribution in [3.63, 3.8) is 0 Å². The lowest BCUT2D eigenvalue weighted by Gasteiger charge is -2.38. The molecular formula is C28H31N3O3. The highest BCUT2D eigenvalue weighted by molar-refractivity contribution is 6.04. The van der Waals surface area contributed by atoms with Gasteiger partial charge in [0.15, 0.2) is 0 Å². The third kappa shape index (κ3) is 5.76. The number of benzene rings is 3. The molecule has 2 amide bonds. The second-order valence-electron chi connectivity index (χ2n) is 9.44. The molecule has 0 unspecified atom stereocenters. The lowest BCUT2D eigenvalue weighted by Crippen LogP contribution is -2.37. The van der Waals surface area contributed by atoms with Gasteiger partial charge in [-0.05, 0) is 66.8 Å². The molecule has 3 aromatic carbocycles. The summed E-state index contributed by atoms with van der Waals surface area (Å²) < 4.78 is 5.49. The first-order valence-corrected chi connectivity index (χ1v) is 11.6. The molecule has 0 bridgehead atoms. The number of amides is 2. The van der Waals surface area contributed by atoms with Crippen LogP contribution in [0.4, 0.5) is 21.9 Å². The molecule has 6 nitrogen and oxygen atoms in total. The molecule has 6 heteroatoms. The van der Waals surface area contributed by atoms with Crippen LogP contribution < -0.4 is 19.9 Å². The lowest BCUT2D eigenvalue weighted by atomic mass is 9.82. The number of piperidine rings is 1. The van der Waals surface area contributed by atoms with E-state index in [4.69, 9.17) is 4.74 Å². The summed E-state index contributed by atoms with van der Waals surface area (Å²) in [6, 6.07) is 23.8. The van der Waals surface area contributed by atoms with Crippen molar-refractivity contribution in [1.82, 2.24) is 0 Å². The van der Waals surface area contributed by atoms with Gasteiger partial charge in [0, 0.05) is 48.8 Å². The molecule has 1 fully saturated rings. The Balaban J connectivity index is 1.36. The molecule has 1 aliphatic rings. The average molecular weight is 458 g/mol. The zero-order chi connectivity index (χ0) is 24.1. The maximum Gasteiger partial charge on any atom is 0.419 e. The zero-order valence-electron chi connectivity index (χ0n) is 20.0. The fourth-order valence-corrected chi connectivity index (χ4v) is 3.96. The minimum absolute atomic E-state index is 0.212. The van der Waals surface area contributed by atoms with Gasteiger partial charge in [0.2, 0.25) is 0 Å². The van der Waals surface area contributed by atoms with Crippen LogP contribution in [0.25, 0.3) is 0 Å². The van der Waals surface area contributed by atoms with Crippen LogP contribution in [0.15, 0.2) is 78.9 Å². The van der Waals surface area contributed by atoms with Crippen LogP contribution >= 0.6 is 0 Å². The first-order chi connectivity index (χ1) is 16.3. The quantitative estimate of drug-likeness (QED) is 0.495. The van der Waals surface area contributed by atoms with Crippen molar-refractivity contribution in [3.05, 3.63) is 84.4 Å². The molecule has 0 aliphatic carbocycles. The third-order valence-corrected chi connectivity index (χ3v) is 6.33. The summed E-state index contributed by atoms with van der Waals surface area (Å²) in [7, 11) is 1.65. The molecular weight excluding hydrogens is 426 g/mol. The van der Waals surface area contributed by atoms with Crippen LogP contribution in [-0.2, 0) is 0 Å². The second-order valence-corrected chi connectivity index (χ2v) is 9.44. The third-order valence-electron chi connectivity index (χ3n) is 6.33. The van der Waals surface area contributed by atoms with Crippen molar-refractivity contribution in [2.45, 2.75) is 26.7 Å². The Kier molecular flexibility index (Phi) is 6.87. The molecule has 1 N–H and O–H groups in total. The van der Waals surface area contributed by atoms with Crippen LogP contribution in [0.5, 0.6) is 5.75 Å². The van der Waals surface area contributed by atoms with Gasteiger partial charge < -0.3 is 15.0 Å². The van der Waals surface area contributed by atoms with E-state index in [1.165, 1.54) is 4.90 Å². The normalized spacial score (nSPS) is 14.9. The summed E-state index contributed by atoms with van der Waals surface area (Å²) in [5.41, 5.74) is 3.40. The number of anilines is 3. The van der Waals surface area contributed by atoms with Crippen LogP contribution in [-0.4, -0.2) is 32.1 Å². The SMILES string of the molecule is CN(C(=O)Oc1cccc(NC(=O)c2ccc(N3CCC(C)(C)CC3)cc2)c1)c1ccccc1. The van der Waals surface area contributed by atoms with Gasteiger partial charge in [0.05, 0.1) is 0 Å². The van der Waals surface area contributed by atoms with Gasteiger partial charge >= 0.3 is 6.09 Å². The van der Waals surface area contributed by atoms with E-state index >= 15 is 0 Å². The highest BCUT2D eigenvalue weighted by atomic mass is 16.6. The van der Waals surface area contributed by atoms with E-state index in [1.807, 2.05) is 54.6 Å². The molecule has 4 rings (SSSR count). The van der Waals surface area contributed by atoms with Crippen LogP contribution in [0.2, 0.25) is 0 Å². The maximum absolute atomic E-state index is 12.8. The Morgan fingerprint density at radius 2 is 1.59 bits per heavy atom. The predicted molar refractivity (Wildman–Crippen MR) is 137 cm³/mol. The molecule has 0 aromatic heterocycles. The van der Waals surface area contributed by atoms with E-state index in [9.17, 15) is 9.59 Å². The Bertz CT molecular complexity index is 1130. The van der Waals surface area contributed by atoms with Gasteiger partial charge in [-0.2, -0.15) is 0 Å². The Morgan fingerprint density at radius 1 is 0.912 bits per heavy atom. The van der Waals surface area contributed by atoms with Crippen molar-refractivity contribution in [3.8, 4) is 5.75 Å². The molecule has 0 radical (unpaired) electrons. The summed E-state index contributed by atoms with van der Waals surface area (Å²) in [5.74, 6) is 0.144. The van der Waals surface area contributed by atoms with E-state index < -0.39 is 6.09 Å². The summed E-state index contributed by atoms with van der Waals surface area (Å²) in [6.07, 6.45) is 1.82. The van der Waals surface area contributed by atoms with Gasteiger partial charge in [-0.25, -0.2) is 4.79 Å². The fraction of sp³-hybridized carbons (Fsp3) is 0.286. The molecule has 1 saturated heterocycles. The topological polar surface area (TPSA) is 61.9 Å². The summed E-state index contributed by atoms with van der Waals surface area (Å²) in [5, 5.41) is 2.89. The number of hydrogen-bond acceptors (Lipinski definition) is 4. The monoisotopic (exact) mass is 457 g/mol. The summed E-state index contributed by atoms with van der Waals surface area (Å²) in [6.45, 7) is 6.69. The number of rotatable bonds is 5. The molecule has 3 aromatic rings. The molecule has 0 atom stereocenters. The van der Waals surface area contributed by atoms with Gasteiger partial charge in [-0.1, -0.05) is 38.1 Å². The summed E-state index contributed by atoms with van der Waals surface area (Å²) >= 11 is 0. The van der Waals surface area contributed by atoms with Crippen molar-refractivity contribution in [2.75, 3.05) is 35.3 Å². The van der Waals surface area contributed by atoms with Gasteiger partial charge in [-0.15, -0.1) is 0 Å². The van der Waals surface area contributed by atoms with Crippen molar-refractivity contribution >= 4 is 29.1 Å². The lowest BCUT2D eigenvalue weighted by molar-refractivity contribution is 0.102. The molecule has 176 valence electrons. The second kappa shape index (κ2) is 10.00. The zero-order valence-corrected chi connectivity index (χ0v) is 20.0. The van der Waals surface area contributed by atoms with E-state index in [-0.39, 0.29) is 5.91 Å². The Morgan fingerprint density at radius 3 is 2.26 bits per heavy atom.